The molecule has 0 radical (unpaired) electrons. The van der Waals surface area contributed by atoms with Gasteiger partial charge in [-0.3, -0.25) is 23.3 Å². The van der Waals surface area contributed by atoms with Crippen LogP contribution in [0.2, 0.25) is 0 Å². The molecule has 8 heteroatoms. The second kappa shape index (κ2) is 8.85. The van der Waals surface area contributed by atoms with Crippen molar-refractivity contribution in [2.75, 3.05) is 0 Å². The number of para-hydroxylation sites is 2. The average Bonchev–Trinajstić information content (AvgIpc) is 2.95. The van der Waals surface area contributed by atoms with Crippen LogP contribution >= 0.6 is 0 Å². The lowest BCUT2D eigenvalue weighted by Crippen LogP contribution is -2.41. The largest absolute Gasteiger partial charge is 0.506 e. The molecule has 8 nitrogen and oxygen atoms in total. The minimum Gasteiger partial charge on any atom is -0.506 e. The Morgan fingerprint density at radius 1 is 0.789 bits per heavy atom. The molecule has 3 heterocycles. The quantitative estimate of drug-likeness (QED) is 0.405. The molecule has 1 aliphatic rings. The molecular weight excluding hydrogens is 480 g/mol. The molecule has 0 fully saturated rings. The monoisotopic (exact) mass is 504 g/mol. The zero-order chi connectivity index (χ0) is 26.6. The van der Waals surface area contributed by atoms with Gasteiger partial charge in [-0.2, -0.15) is 0 Å². The molecule has 0 bridgehead atoms. The summed E-state index contributed by atoms with van der Waals surface area (Å²) in [5, 5.41) is 11.9. The van der Waals surface area contributed by atoms with E-state index in [2.05, 4.69) is 0 Å². The number of nitrogens with zero attached hydrogens (tertiary/aromatic N) is 4. The molecule has 0 aliphatic carbocycles. The van der Waals surface area contributed by atoms with Gasteiger partial charge in [-0.15, -0.1) is 0 Å². The van der Waals surface area contributed by atoms with E-state index in [9.17, 15) is 19.5 Å². The zero-order valence-electron chi connectivity index (χ0n) is 20.8. The molecule has 0 saturated heterocycles. The fourth-order valence-corrected chi connectivity index (χ4v) is 5.32. The van der Waals surface area contributed by atoms with Gasteiger partial charge in [-0.1, -0.05) is 60.7 Å². The standard InChI is InChI=1S/C30H24N4O4/c1-32-27-24(28(36)33(2)30(32)38)21(18-11-5-3-6-12-18)17-22(31-27)25-26(35)20-15-9-10-16-23(20)34(29(25)37)19-13-7-4-8-14-19/h3-16,21,35H,17H2,1-2H3. The Labute approximate surface area is 217 Å². The van der Waals surface area contributed by atoms with Crippen LogP contribution in [0.5, 0.6) is 5.75 Å². The molecular formula is C30H24N4O4. The number of hydrogen-bond acceptors (Lipinski definition) is 5. The average molecular weight is 505 g/mol. The maximum atomic E-state index is 14.1. The maximum absolute atomic E-state index is 14.1. The first-order chi connectivity index (χ1) is 18.4. The molecule has 188 valence electrons. The summed E-state index contributed by atoms with van der Waals surface area (Å²) in [4.78, 5) is 45.0. The van der Waals surface area contributed by atoms with Crippen molar-refractivity contribution >= 4 is 22.4 Å². The maximum Gasteiger partial charge on any atom is 0.332 e. The van der Waals surface area contributed by atoms with Crippen molar-refractivity contribution in [3.05, 3.63) is 133 Å². The van der Waals surface area contributed by atoms with Gasteiger partial charge in [0.05, 0.1) is 16.8 Å². The van der Waals surface area contributed by atoms with E-state index < -0.39 is 22.7 Å². The van der Waals surface area contributed by atoms with Crippen LogP contribution in [0, 0.1) is 0 Å². The fraction of sp³-hybridized carbons (Fsp3) is 0.133. The summed E-state index contributed by atoms with van der Waals surface area (Å²) in [7, 11) is 3.00. The van der Waals surface area contributed by atoms with Gasteiger partial charge in [-0.05, 0) is 29.8 Å². The Hall–Kier alpha value is -4.98. The van der Waals surface area contributed by atoms with Gasteiger partial charge in [-0.25, -0.2) is 9.79 Å². The van der Waals surface area contributed by atoms with Gasteiger partial charge < -0.3 is 5.11 Å². The number of aliphatic imine (C=N–C) groups is 1. The summed E-state index contributed by atoms with van der Waals surface area (Å²) in [6.45, 7) is 0. The first kappa shape index (κ1) is 23.4. The van der Waals surface area contributed by atoms with Crippen LogP contribution in [0.15, 0.2) is 104 Å². The molecule has 1 N–H and O–H groups in total. The van der Waals surface area contributed by atoms with Crippen molar-refractivity contribution in [3.63, 3.8) is 0 Å². The molecule has 2 aromatic heterocycles. The summed E-state index contributed by atoms with van der Waals surface area (Å²) in [6, 6.07) is 25.8. The van der Waals surface area contributed by atoms with Crippen molar-refractivity contribution in [2.24, 2.45) is 19.1 Å². The normalized spacial score (nSPS) is 14.8. The topological polar surface area (TPSA) is 98.6 Å². The number of pyridine rings is 1. The van der Waals surface area contributed by atoms with Crippen LogP contribution in [0.1, 0.15) is 29.0 Å². The molecule has 0 amide bonds. The number of rotatable bonds is 3. The van der Waals surface area contributed by atoms with Gasteiger partial charge in [0.2, 0.25) is 0 Å². The fourth-order valence-electron chi connectivity index (χ4n) is 5.32. The Kier molecular flexibility index (Phi) is 5.45. The van der Waals surface area contributed by atoms with E-state index >= 15 is 0 Å². The molecule has 3 aromatic carbocycles. The summed E-state index contributed by atoms with van der Waals surface area (Å²) < 4.78 is 3.95. The molecule has 0 saturated carbocycles. The lowest BCUT2D eigenvalue weighted by atomic mass is 9.83. The van der Waals surface area contributed by atoms with Gasteiger partial charge in [0, 0.05) is 37.5 Å². The SMILES string of the molecule is Cn1c2c(c(=O)n(C)c1=O)C(c1ccccc1)CC(c1c(O)c3ccccc3n(-c3ccccc3)c1=O)=N2. The third-order valence-corrected chi connectivity index (χ3v) is 7.21. The van der Waals surface area contributed by atoms with E-state index in [0.29, 0.717) is 27.9 Å². The van der Waals surface area contributed by atoms with E-state index in [1.807, 2.05) is 66.7 Å². The Bertz CT molecular complexity index is 1930. The van der Waals surface area contributed by atoms with E-state index in [1.165, 1.54) is 11.6 Å². The number of benzene rings is 3. The van der Waals surface area contributed by atoms with Crippen molar-refractivity contribution in [1.29, 1.82) is 0 Å². The zero-order valence-corrected chi connectivity index (χ0v) is 20.8. The number of aromatic nitrogens is 3. The van der Waals surface area contributed by atoms with Crippen LogP contribution in [-0.2, 0) is 14.1 Å². The summed E-state index contributed by atoms with van der Waals surface area (Å²) in [5.74, 6) is -0.466. The minimum atomic E-state index is -0.519. The van der Waals surface area contributed by atoms with E-state index in [1.54, 1.807) is 29.8 Å². The Morgan fingerprint density at radius 2 is 1.42 bits per heavy atom. The van der Waals surface area contributed by atoms with Crippen LogP contribution in [0.4, 0.5) is 5.82 Å². The Balaban J connectivity index is 1.71. The predicted molar refractivity (Wildman–Crippen MR) is 147 cm³/mol. The smallest absolute Gasteiger partial charge is 0.332 e. The Morgan fingerprint density at radius 3 is 2.13 bits per heavy atom. The van der Waals surface area contributed by atoms with E-state index in [0.717, 1.165) is 10.1 Å². The van der Waals surface area contributed by atoms with Gasteiger partial charge in [0.15, 0.2) is 0 Å². The van der Waals surface area contributed by atoms with Crippen LogP contribution in [-0.4, -0.2) is 24.5 Å². The first-order valence-electron chi connectivity index (χ1n) is 12.2. The van der Waals surface area contributed by atoms with Gasteiger partial charge in [0.25, 0.3) is 11.1 Å². The molecule has 0 spiro atoms. The summed E-state index contributed by atoms with van der Waals surface area (Å²) in [6.07, 6.45) is 0.195. The third kappa shape index (κ3) is 3.45. The summed E-state index contributed by atoms with van der Waals surface area (Å²) in [5.41, 5.74) is 1.42. The summed E-state index contributed by atoms with van der Waals surface area (Å²) >= 11 is 0. The predicted octanol–water partition coefficient (Wildman–Crippen LogP) is 3.75. The minimum absolute atomic E-state index is 0.0484. The number of aromatic hydroxyl groups is 1. The lowest BCUT2D eigenvalue weighted by molar-refractivity contribution is 0.478. The van der Waals surface area contributed by atoms with Crippen molar-refractivity contribution in [3.8, 4) is 11.4 Å². The molecule has 6 rings (SSSR count). The second-order valence-electron chi connectivity index (χ2n) is 9.39. The van der Waals surface area contributed by atoms with Crippen LogP contribution in [0.3, 0.4) is 0 Å². The molecule has 38 heavy (non-hydrogen) atoms. The van der Waals surface area contributed by atoms with Crippen LogP contribution in [0.25, 0.3) is 16.6 Å². The molecule has 1 atom stereocenters. The molecule has 1 aliphatic heterocycles. The van der Waals surface area contributed by atoms with E-state index in [-0.39, 0.29) is 23.6 Å². The first-order valence-corrected chi connectivity index (χ1v) is 12.2. The highest BCUT2D eigenvalue weighted by atomic mass is 16.3. The van der Waals surface area contributed by atoms with Crippen LogP contribution < -0.4 is 16.8 Å². The van der Waals surface area contributed by atoms with Gasteiger partial charge in [0.1, 0.15) is 17.1 Å². The number of hydrogen-bond donors (Lipinski definition) is 1. The van der Waals surface area contributed by atoms with Gasteiger partial charge >= 0.3 is 5.69 Å². The second-order valence-corrected chi connectivity index (χ2v) is 9.39. The third-order valence-electron chi connectivity index (χ3n) is 7.21. The highest BCUT2D eigenvalue weighted by molar-refractivity contribution is 6.09. The number of fused-ring (bicyclic) bond motifs is 2. The molecule has 1 unspecified atom stereocenters. The highest BCUT2D eigenvalue weighted by Crippen LogP contribution is 2.39. The van der Waals surface area contributed by atoms with Crippen molar-refractivity contribution in [1.82, 2.24) is 13.7 Å². The van der Waals surface area contributed by atoms with Crippen molar-refractivity contribution < 1.29 is 5.11 Å². The van der Waals surface area contributed by atoms with Crippen molar-refractivity contribution in [2.45, 2.75) is 12.3 Å². The highest BCUT2D eigenvalue weighted by Gasteiger charge is 2.33. The molecule has 5 aromatic rings. The van der Waals surface area contributed by atoms with E-state index in [4.69, 9.17) is 4.99 Å². The lowest BCUT2D eigenvalue weighted by Gasteiger charge is -2.27.